The zero-order valence-corrected chi connectivity index (χ0v) is 19.5. The van der Waals surface area contributed by atoms with Gasteiger partial charge < -0.3 is 24.7 Å². The lowest BCUT2D eigenvalue weighted by atomic mass is 10.0. The number of nitrogen functional groups attached to an aromatic ring is 1. The van der Waals surface area contributed by atoms with Crippen LogP contribution in [-0.2, 0) is 15.9 Å². The molecule has 0 radical (unpaired) electrons. The molecule has 0 bridgehead atoms. The maximum absolute atomic E-state index is 6.33. The van der Waals surface area contributed by atoms with E-state index in [4.69, 9.17) is 29.7 Å². The van der Waals surface area contributed by atoms with E-state index in [1.165, 1.54) is 11.1 Å². The number of aromatic nitrogens is 2. The minimum absolute atomic E-state index is 0.383. The zero-order valence-electron chi connectivity index (χ0n) is 19.5. The number of hydrogen-bond acceptors (Lipinski definition) is 7. The SMILES string of the molecule is COCCOc1cc2nc(-c3ccc(Cc4ccccc4)cc3)nc(N)c2cc1OCCOC. The molecule has 0 spiro atoms. The monoisotopic (exact) mass is 459 g/mol. The van der Waals surface area contributed by atoms with Gasteiger partial charge in [0.2, 0.25) is 0 Å². The highest BCUT2D eigenvalue weighted by molar-refractivity contribution is 5.92. The number of fused-ring (bicyclic) bond motifs is 1. The molecule has 0 amide bonds. The number of hydrogen-bond donors (Lipinski definition) is 1. The van der Waals surface area contributed by atoms with Crippen LogP contribution in [0.15, 0.2) is 66.7 Å². The highest BCUT2D eigenvalue weighted by Crippen LogP contribution is 2.35. The quantitative estimate of drug-likeness (QED) is 0.330. The van der Waals surface area contributed by atoms with E-state index in [-0.39, 0.29) is 0 Å². The lowest BCUT2D eigenvalue weighted by Crippen LogP contribution is -2.09. The summed E-state index contributed by atoms with van der Waals surface area (Å²) in [6, 6.07) is 22.3. The van der Waals surface area contributed by atoms with Crippen LogP contribution in [0.2, 0.25) is 0 Å². The van der Waals surface area contributed by atoms with Crippen LogP contribution in [0.3, 0.4) is 0 Å². The normalized spacial score (nSPS) is 11.0. The van der Waals surface area contributed by atoms with Gasteiger partial charge in [0.15, 0.2) is 17.3 Å². The zero-order chi connectivity index (χ0) is 23.8. The number of nitrogens with zero attached hydrogens (tertiary/aromatic N) is 2. The Balaban J connectivity index is 1.62. The molecular formula is C27H29N3O4. The van der Waals surface area contributed by atoms with E-state index in [2.05, 4.69) is 41.4 Å². The van der Waals surface area contributed by atoms with Gasteiger partial charge in [-0.05, 0) is 23.6 Å². The lowest BCUT2D eigenvalue weighted by Gasteiger charge is -2.15. The summed E-state index contributed by atoms with van der Waals surface area (Å²) in [5, 5.41) is 0.705. The van der Waals surface area contributed by atoms with Crippen molar-refractivity contribution >= 4 is 16.7 Å². The van der Waals surface area contributed by atoms with Crippen molar-refractivity contribution in [3.8, 4) is 22.9 Å². The minimum Gasteiger partial charge on any atom is -0.487 e. The predicted molar refractivity (Wildman–Crippen MR) is 133 cm³/mol. The van der Waals surface area contributed by atoms with Crippen molar-refractivity contribution in [2.75, 3.05) is 46.4 Å². The number of benzene rings is 3. The molecule has 176 valence electrons. The van der Waals surface area contributed by atoms with E-state index in [1.54, 1.807) is 14.2 Å². The first-order valence-electron chi connectivity index (χ1n) is 11.2. The van der Waals surface area contributed by atoms with Crippen LogP contribution in [0.25, 0.3) is 22.3 Å². The summed E-state index contributed by atoms with van der Waals surface area (Å²) in [7, 11) is 3.26. The van der Waals surface area contributed by atoms with Crippen LogP contribution in [0.1, 0.15) is 11.1 Å². The third-order valence-electron chi connectivity index (χ3n) is 5.34. The van der Waals surface area contributed by atoms with Crippen LogP contribution in [0.5, 0.6) is 11.5 Å². The van der Waals surface area contributed by atoms with Gasteiger partial charge in [0.1, 0.15) is 19.0 Å². The van der Waals surface area contributed by atoms with E-state index in [0.29, 0.717) is 60.5 Å². The van der Waals surface area contributed by atoms with E-state index < -0.39 is 0 Å². The molecular weight excluding hydrogens is 430 g/mol. The number of ether oxygens (including phenoxy) is 4. The van der Waals surface area contributed by atoms with Gasteiger partial charge in [0.25, 0.3) is 0 Å². The minimum atomic E-state index is 0.383. The Bertz CT molecular complexity index is 1210. The molecule has 0 aliphatic rings. The van der Waals surface area contributed by atoms with E-state index >= 15 is 0 Å². The average molecular weight is 460 g/mol. The Morgan fingerprint density at radius 3 is 1.97 bits per heavy atom. The standard InChI is InChI=1S/C27H29N3O4/c1-31-12-14-33-24-17-22-23(18-25(24)34-15-13-32-2)29-27(30-26(22)28)21-10-8-20(9-11-21)16-19-6-4-3-5-7-19/h3-11,17-18H,12-16H2,1-2H3,(H2,28,29,30). The Hall–Kier alpha value is -3.68. The maximum Gasteiger partial charge on any atom is 0.163 e. The van der Waals surface area contributed by atoms with Gasteiger partial charge in [0, 0.05) is 31.2 Å². The van der Waals surface area contributed by atoms with Crippen LogP contribution in [0.4, 0.5) is 5.82 Å². The molecule has 1 aromatic heterocycles. The third-order valence-corrected chi connectivity index (χ3v) is 5.34. The van der Waals surface area contributed by atoms with Gasteiger partial charge in [0.05, 0.1) is 18.7 Å². The molecule has 4 aromatic rings. The van der Waals surface area contributed by atoms with Crippen molar-refractivity contribution in [3.05, 3.63) is 77.9 Å². The van der Waals surface area contributed by atoms with Crippen molar-refractivity contribution in [2.45, 2.75) is 6.42 Å². The summed E-state index contributed by atoms with van der Waals surface area (Å²) >= 11 is 0. The largest absolute Gasteiger partial charge is 0.487 e. The first kappa shape index (κ1) is 23.5. The Morgan fingerprint density at radius 1 is 0.706 bits per heavy atom. The van der Waals surface area contributed by atoms with Gasteiger partial charge in [-0.1, -0.05) is 54.6 Å². The molecule has 0 fully saturated rings. The summed E-state index contributed by atoms with van der Waals surface area (Å²) in [5.41, 5.74) is 10.4. The fraction of sp³-hybridized carbons (Fsp3) is 0.259. The highest BCUT2D eigenvalue weighted by atomic mass is 16.5. The van der Waals surface area contributed by atoms with Gasteiger partial charge in [-0.2, -0.15) is 0 Å². The third kappa shape index (κ3) is 5.81. The second-order valence-corrected chi connectivity index (χ2v) is 7.79. The molecule has 0 aliphatic heterocycles. The van der Waals surface area contributed by atoms with Gasteiger partial charge >= 0.3 is 0 Å². The second-order valence-electron chi connectivity index (χ2n) is 7.79. The predicted octanol–water partition coefficient (Wildman–Crippen LogP) is 4.52. The van der Waals surface area contributed by atoms with Crippen LogP contribution < -0.4 is 15.2 Å². The Kier molecular flexibility index (Phi) is 7.91. The topological polar surface area (TPSA) is 88.7 Å². The summed E-state index contributed by atoms with van der Waals surface area (Å²) in [5.74, 6) is 2.08. The Morgan fingerprint density at radius 2 is 1.32 bits per heavy atom. The van der Waals surface area contributed by atoms with Crippen molar-refractivity contribution in [1.82, 2.24) is 9.97 Å². The molecule has 2 N–H and O–H groups in total. The summed E-state index contributed by atoms with van der Waals surface area (Å²) in [6.45, 7) is 1.69. The van der Waals surface area contributed by atoms with Crippen LogP contribution >= 0.6 is 0 Å². The summed E-state index contributed by atoms with van der Waals surface area (Å²) in [4.78, 5) is 9.32. The van der Waals surface area contributed by atoms with Crippen LogP contribution in [-0.4, -0.2) is 50.6 Å². The molecule has 0 unspecified atom stereocenters. The number of anilines is 1. The Labute approximate surface area is 199 Å². The molecule has 0 saturated carbocycles. The van der Waals surface area contributed by atoms with Gasteiger partial charge in [-0.25, -0.2) is 9.97 Å². The number of nitrogens with two attached hydrogens (primary N) is 1. The van der Waals surface area contributed by atoms with E-state index in [9.17, 15) is 0 Å². The fourth-order valence-electron chi connectivity index (χ4n) is 3.59. The number of rotatable bonds is 11. The smallest absolute Gasteiger partial charge is 0.163 e. The second kappa shape index (κ2) is 11.4. The van der Waals surface area contributed by atoms with Crippen molar-refractivity contribution in [3.63, 3.8) is 0 Å². The molecule has 7 heteroatoms. The summed E-state index contributed by atoms with van der Waals surface area (Å²) < 4.78 is 21.9. The van der Waals surface area contributed by atoms with Crippen molar-refractivity contribution in [1.29, 1.82) is 0 Å². The fourth-order valence-corrected chi connectivity index (χ4v) is 3.59. The number of methoxy groups -OCH3 is 2. The van der Waals surface area contributed by atoms with E-state index in [0.717, 1.165) is 12.0 Å². The lowest BCUT2D eigenvalue weighted by molar-refractivity contribution is 0.132. The first-order chi connectivity index (χ1) is 16.7. The maximum atomic E-state index is 6.33. The molecule has 34 heavy (non-hydrogen) atoms. The van der Waals surface area contributed by atoms with Gasteiger partial charge in [-0.3, -0.25) is 0 Å². The highest BCUT2D eigenvalue weighted by Gasteiger charge is 2.14. The summed E-state index contributed by atoms with van der Waals surface area (Å²) in [6.07, 6.45) is 0.871. The molecule has 7 nitrogen and oxygen atoms in total. The van der Waals surface area contributed by atoms with Crippen molar-refractivity contribution in [2.24, 2.45) is 0 Å². The van der Waals surface area contributed by atoms with Gasteiger partial charge in [-0.15, -0.1) is 0 Å². The van der Waals surface area contributed by atoms with Crippen molar-refractivity contribution < 1.29 is 18.9 Å². The molecule has 0 saturated heterocycles. The first-order valence-corrected chi connectivity index (χ1v) is 11.2. The van der Waals surface area contributed by atoms with E-state index in [1.807, 2.05) is 30.3 Å². The van der Waals surface area contributed by atoms with Crippen LogP contribution in [0, 0.1) is 0 Å². The molecule has 3 aromatic carbocycles. The average Bonchev–Trinajstić information content (AvgIpc) is 2.86. The molecule has 0 aliphatic carbocycles. The molecule has 1 heterocycles. The molecule has 4 rings (SSSR count). The molecule has 0 atom stereocenters.